The summed E-state index contributed by atoms with van der Waals surface area (Å²) < 4.78 is 6.81. The van der Waals surface area contributed by atoms with Gasteiger partial charge in [0.2, 0.25) is 5.88 Å². The van der Waals surface area contributed by atoms with Crippen molar-refractivity contribution in [3.63, 3.8) is 0 Å². The molecule has 0 saturated heterocycles. The first-order valence-corrected chi connectivity index (χ1v) is 5.97. The Labute approximate surface area is 113 Å². The van der Waals surface area contributed by atoms with E-state index in [-0.39, 0.29) is 0 Å². The van der Waals surface area contributed by atoms with E-state index in [1.165, 1.54) is 4.68 Å². The van der Waals surface area contributed by atoms with Gasteiger partial charge in [-0.05, 0) is 29.0 Å². The summed E-state index contributed by atoms with van der Waals surface area (Å²) in [5.74, 6) is 0.562. The highest BCUT2D eigenvalue weighted by atomic mass is 16.5. The Morgan fingerprint density at radius 2 is 2.20 bits per heavy atom. The van der Waals surface area contributed by atoms with E-state index in [1.807, 2.05) is 19.1 Å². The van der Waals surface area contributed by atoms with Gasteiger partial charge in [0.25, 0.3) is 0 Å². The zero-order chi connectivity index (χ0) is 13.9. The summed E-state index contributed by atoms with van der Waals surface area (Å²) >= 11 is 0. The third-order valence-electron chi connectivity index (χ3n) is 2.93. The maximum atomic E-state index is 11.6. The standard InChI is InChI=1S/C12H12N6O2/c1-8-3-2-4-10(18-12(19)15-16-17-18)9(8)7-20-11-5-6-13-14-11/h2-6H,7H2,1H3,(H,13,14)(H,15,17,19). The highest BCUT2D eigenvalue weighted by molar-refractivity contribution is 5.44. The Morgan fingerprint density at radius 3 is 2.90 bits per heavy atom. The van der Waals surface area contributed by atoms with Crippen molar-refractivity contribution in [3.8, 4) is 11.6 Å². The van der Waals surface area contributed by atoms with Gasteiger partial charge in [-0.25, -0.2) is 15.0 Å². The molecule has 20 heavy (non-hydrogen) atoms. The van der Waals surface area contributed by atoms with Crippen LogP contribution in [0.4, 0.5) is 0 Å². The molecule has 0 bridgehead atoms. The van der Waals surface area contributed by atoms with Crippen LogP contribution in [0.3, 0.4) is 0 Å². The number of hydrogen-bond acceptors (Lipinski definition) is 5. The number of rotatable bonds is 4. The largest absolute Gasteiger partial charge is 0.473 e. The fraction of sp³-hybridized carbons (Fsp3) is 0.167. The molecule has 3 aromatic rings. The molecule has 102 valence electrons. The third-order valence-corrected chi connectivity index (χ3v) is 2.93. The second kappa shape index (κ2) is 5.00. The Bertz CT molecular complexity index is 758. The van der Waals surface area contributed by atoms with E-state index in [2.05, 4.69) is 25.7 Å². The average molecular weight is 272 g/mol. The van der Waals surface area contributed by atoms with Crippen molar-refractivity contribution in [2.75, 3.05) is 0 Å². The van der Waals surface area contributed by atoms with Gasteiger partial charge < -0.3 is 4.74 Å². The predicted molar refractivity (Wildman–Crippen MR) is 69.6 cm³/mol. The van der Waals surface area contributed by atoms with Gasteiger partial charge in [0, 0.05) is 11.6 Å². The lowest BCUT2D eigenvalue weighted by Gasteiger charge is -2.11. The minimum atomic E-state index is -0.390. The van der Waals surface area contributed by atoms with Crippen LogP contribution in [-0.4, -0.2) is 30.4 Å². The lowest BCUT2D eigenvalue weighted by molar-refractivity contribution is 0.292. The molecule has 0 fully saturated rings. The molecule has 0 unspecified atom stereocenters. The first kappa shape index (κ1) is 12.2. The Balaban J connectivity index is 1.97. The number of aryl methyl sites for hydroxylation is 1. The Hall–Kier alpha value is -2.90. The normalized spacial score (nSPS) is 10.7. The first-order chi connectivity index (χ1) is 9.75. The fourth-order valence-electron chi connectivity index (χ4n) is 1.90. The van der Waals surface area contributed by atoms with E-state index >= 15 is 0 Å². The summed E-state index contributed by atoms with van der Waals surface area (Å²) in [7, 11) is 0. The highest BCUT2D eigenvalue weighted by Crippen LogP contribution is 2.18. The summed E-state index contributed by atoms with van der Waals surface area (Å²) in [4.78, 5) is 11.6. The molecule has 0 atom stereocenters. The molecule has 3 rings (SSSR count). The Morgan fingerprint density at radius 1 is 1.30 bits per heavy atom. The molecule has 0 aliphatic rings. The molecule has 0 aliphatic heterocycles. The maximum Gasteiger partial charge on any atom is 0.365 e. The highest BCUT2D eigenvalue weighted by Gasteiger charge is 2.12. The smallest absolute Gasteiger partial charge is 0.365 e. The summed E-state index contributed by atoms with van der Waals surface area (Å²) in [6, 6.07) is 7.31. The lowest BCUT2D eigenvalue weighted by Crippen LogP contribution is -2.18. The molecule has 2 heterocycles. The van der Waals surface area contributed by atoms with Crippen molar-refractivity contribution in [2.24, 2.45) is 0 Å². The van der Waals surface area contributed by atoms with E-state index in [1.54, 1.807) is 18.3 Å². The molecule has 0 amide bonds. The number of aromatic amines is 2. The second-order valence-corrected chi connectivity index (χ2v) is 4.20. The van der Waals surface area contributed by atoms with Crippen LogP contribution in [0.15, 0.2) is 35.3 Å². The molecule has 2 N–H and O–H groups in total. The number of aromatic nitrogens is 6. The number of tetrazole rings is 1. The molecular weight excluding hydrogens is 260 g/mol. The minimum absolute atomic E-state index is 0.295. The van der Waals surface area contributed by atoms with E-state index in [0.29, 0.717) is 18.2 Å². The molecule has 0 spiro atoms. The van der Waals surface area contributed by atoms with E-state index in [0.717, 1.165) is 11.1 Å². The van der Waals surface area contributed by atoms with Crippen LogP contribution in [0.2, 0.25) is 0 Å². The molecule has 2 aromatic heterocycles. The molecule has 1 aromatic carbocycles. The number of hydrogen-bond donors (Lipinski definition) is 2. The summed E-state index contributed by atoms with van der Waals surface area (Å²) in [6.45, 7) is 2.24. The van der Waals surface area contributed by atoms with E-state index < -0.39 is 5.69 Å². The number of nitrogens with zero attached hydrogens (tertiary/aromatic N) is 4. The number of ether oxygens (including phenoxy) is 1. The van der Waals surface area contributed by atoms with Gasteiger partial charge in [-0.1, -0.05) is 12.1 Å². The zero-order valence-electron chi connectivity index (χ0n) is 10.7. The van der Waals surface area contributed by atoms with Crippen molar-refractivity contribution in [1.29, 1.82) is 0 Å². The molecule has 8 nitrogen and oxygen atoms in total. The van der Waals surface area contributed by atoms with Gasteiger partial charge in [0.15, 0.2) is 0 Å². The van der Waals surface area contributed by atoms with Crippen LogP contribution in [0.1, 0.15) is 11.1 Å². The van der Waals surface area contributed by atoms with Gasteiger partial charge in [-0.2, -0.15) is 9.78 Å². The summed E-state index contributed by atoms with van der Waals surface area (Å²) in [5, 5.41) is 16.1. The van der Waals surface area contributed by atoms with Crippen LogP contribution in [0.25, 0.3) is 5.69 Å². The number of benzene rings is 1. The van der Waals surface area contributed by atoms with Crippen LogP contribution in [0.5, 0.6) is 5.88 Å². The molecule has 0 aliphatic carbocycles. The number of nitrogens with one attached hydrogen (secondary N) is 2. The van der Waals surface area contributed by atoms with Crippen LogP contribution < -0.4 is 10.4 Å². The SMILES string of the molecule is Cc1cccc(-n2nn[nH]c2=O)c1COc1ccn[nH]1. The van der Waals surface area contributed by atoms with Crippen molar-refractivity contribution in [2.45, 2.75) is 13.5 Å². The van der Waals surface area contributed by atoms with Gasteiger partial charge in [-0.15, -0.1) is 0 Å². The van der Waals surface area contributed by atoms with E-state index in [9.17, 15) is 4.79 Å². The molecule has 0 radical (unpaired) electrons. The van der Waals surface area contributed by atoms with Crippen molar-refractivity contribution < 1.29 is 4.74 Å². The average Bonchev–Trinajstić information content (AvgIpc) is 3.08. The fourth-order valence-corrected chi connectivity index (χ4v) is 1.90. The quantitative estimate of drug-likeness (QED) is 0.722. The maximum absolute atomic E-state index is 11.6. The third kappa shape index (κ3) is 2.18. The van der Waals surface area contributed by atoms with Gasteiger partial charge in [0.05, 0.1) is 11.9 Å². The van der Waals surface area contributed by atoms with Crippen LogP contribution in [0, 0.1) is 6.92 Å². The Kier molecular flexibility index (Phi) is 3.04. The van der Waals surface area contributed by atoms with E-state index in [4.69, 9.17) is 4.74 Å². The molecular formula is C12H12N6O2. The predicted octanol–water partition coefficient (Wildman–Crippen LogP) is 0.566. The topological polar surface area (TPSA) is 101 Å². The van der Waals surface area contributed by atoms with Gasteiger partial charge in [-0.3, -0.25) is 0 Å². The second-order valence-electron chi connectivity index (χ2n) is 4.20. The summed E-state index contributed by atoms with van der Waals surface area (Å²) in [6.07, 6.45) is 1.61. The monoisotopic (exact) mass is 272 g/mol. The van der Waals surface area contributed by atoms with Crippen molar-refractivity contribution >= 4 is 0 Å². The van der Waals surface area contributed by atoms with Crippen molar-refractivity contribution in [3.05, 3.63) is 52.1 Å². The van der Waals surface area contributed by atoms with Crippen LogP contribution >= 0.6 is 0 Å². The first-order valence-electron chi connectivity index (χ1n) is 5.97. The lowest BCUT2D eigenvalue weighted by atomic mass is 10.1. The zero-order valence-corrected chi connectivity index (χ0v) is 10.7. The minimum Gasteiger partial charge on any atom is -0.473 e. The number of H-pyrrole nitrogens is 2. The van der Waals surface area contributed by atoms with Gasteiger partial charge in [0.1, 0.15) is 6.61 Å². The van der Waals surface area contributed by atoms with Crippen LogP contribution in [-0.2, 0) is 6.61 Å². The molecule has 8 heteroatoms. The van der Waals surface area contributed by atoms with Gasteiger partial charge >= 0.3 is 5.69 Å². The summed E-state index contributed by atoms with van der Waals surface area (Å²) in [5.41, 5.74) is 2.11. The molecule has 0 saturated carbocycles. The van der Waals surface area contributed by atoms with Crippen molar-refractivity contribution in [1.82, 2.24) is 30.4 Å².